The molecule has 0 aromatic carbocycles. The van der Waals surface area contributed by atoms with Crippen molar-refractivity contribution in [1.29, 1.82) is 0 Å². The lowest BCUT2D eigenvalue weighted by Gasteiger charge is -2.31. The highest BCUT2D eigenvalue weighted by Crippen LogP contribution is 2.21. The Balaban J connectivity index is 2.35. The van der Waals surface area contributed by atoms with E-state index in [1.807, 2.05) is 4.57 Å². The molecule has 0 atom stereocenters. The predicted molar refractivity (Wildman–Crippen MR) is 92.3 cm³/mol. The molecule has 0 spiro atoms. The molecule has 2 heterocycles. The first-order valence-electron chi connectivity index (χ1n) is 8.63. The summed E-state index contributed by atoms with van der Waals surface area (Å²) in [6.45, 7) is 15.5. The van der Waals surface area contributed by atoms with E-state index in [0.717, 1.165) is 38.2 Å². The van der Waals surface area contributed by atoms with Crippen LogP contribution in [0.25, 0.3) is 0 Å². The van der Waals surface area contributed by atoms with E-state index in [9.17, 15) is 4.79 Å². The van der Waals surface area contributed by atoms with Crippen molar-refractivity contribution in [3.63, 3.8) is 0 Å². The maximum atomic E-state index is 12.8. The Kier molecular flexibility index (Phi) is 5.81. The van der Waals surface area contributed by atoms with Crippen LogP contribution in [0.2, 0.25) is 0 Å². The predicted octanol–water partition coefficient (Wildman–Crippen LogP) is 2.55. The smallest absolute Gasteiger partial charge is 0.255 e. The topological polar surface area (TPSA) is 37.3 Å². The number of fused-ring (bicyclic) bond motifs is 1. The van der Waals surface area contributed by atoms with Gasteiger partial charge in [0.1, 0.15) is 0 Å². The summed E-state index contributed by atoms with van der Waals surface area (Å²) < 4.78 is 2.02. The van der Waals surface area contributed by atoms with Gasteiger partial charge in [-0.05, 0) is 44.5 Å². The minimum atomic E-state index is 0.190. The molecule has 0 unspecified atom stereocenters. The van der Waals surface area contributed by atoms with Crippen LogP contribution in [0.4, 0.5) is 0 Å². The largest absolute Gasteiger partial charge is 0.312 e. The second-order valence-corrected chi connectivity index (χ2v) is 7.05. The van der Waals surface area contributed by atoms with Crippen LogP contribution in [0.1, 0.15) is 57.5 Å². The maximum Gasteiger partial charge on any atom is 0.255 e. The third-order valence-corrected chi connectivity index (χ3v) is 4.39. The molecule has 0 aliphatic carbocycles. The van der Waals surface area contributed by atoms with E-state index in [1.165, 1.54) is 11.3 Å². The molecule has 4 nitrogen and oxygen atoms in total. The van der Waals surface area contributed by atoms with Crippen molar-refractivity contribution < 1.29 is 0 Å². The monoisotopic (exact) mass is 305 g/mol. The fraction of sp³-hybridized carbons (Fsp3) is 0.722. The average molecular weight is 305 g/mol. The molecule has 1 aromatic rings. The zero-order valence-corrected chi connectivity index (χ0v) is 14.8. The van der Waals surface area contributed by atoms with Gasteiger partial charge in [-0.3, -0.25) is 9.69 Å². The van der Waals surface area contributed by atoms with E-state index in [4.69, 9.17) is 0 Å². The lowest BCUT2D eigenvalue weighted by atomic mass is 10.0. The Morgan fingerprint density at radius 2 is 2.00 bits per heavy atom. The lowest BCUT2D eigenvalue weighted by molar-refractivity contribution is 0.260. The molecule has 0 bridgehead atoms. The molecule has 2 rings (SSSR count). The van der Waals surface area contributed by atoms with Gasteiger partial charge in [-0.1, -0.05) is 20.8 Å². The fourth-order valence-corrected chi connectivity index (χ4v) is 3.23. The van der Waals surface area contributed by atoms with Crippen molar-refractivity contribution in [2.45, 2.75) is 60.2 Å². The molecule has 4 heteroatoms. The first-order valence-corrected chi connectivity index (χ1v) is 8.63. The summed E-state index contributed by atoms with van der Waals surface area (Å²) in [5.41, 5.74) is 3.68. The zero-order valence-electron chi connectivity index (χ0n) is 14.8. The standard InChI is InChI=1S/C18H31N3O/c1-6-20-8-7-17-16(12-20)9-15(11-19-10-13(2)3)18(22)21(17)14(4)5/h9,13-14,19H,6-8,10-12H2,1-5H3. The SMILES string of the molecule is CCN1CCc2c(cc(CNCC(C)C)c(=O)n2C(C)C)C1. The summed E-state index contributed by atoms with van der Waals surface area (Å²) in [5, 5.41) is 3.41. The quantitative estimate of drug-likeness (QED) is 0.877. The fourth-order valence-electron chi connectivity index (χ4n) is 3.23. The van der Waals surface area contributed by atoms with Crippen LogP contribution in [-0.4, -0.2) is 29.1 Å². The van der Waals surface area contributed by atoms with E-state index in [0.29, 0.717) is 12.5 Å². The number of likely N-dealkylation sites (N-methyl/N-ethyl adjacent to an activating group) is 1. The van der Waals surface area contributed by atoms with E-state index in [1.54, 1.807) is 0 Å². The zero-order chi connectivity index (χ0) is 16.3. The molecule has 1 aromatic heterocycles. The highest BCUT2D eigenvalue weighted by Gasteiger charge is 2.22. The van der Waals surface area contributed by atoms with E-state index >= 15 is 0 Å². The maximum absolute atomic E-state index is 12.8. The van der Waals surface area contributed by atoms with Gasteiger partial charge in [0.25, 0.3) is 5.56 Å². The molecule has 0 amide bonds. The third-order valence-electron chi connectivity index (χ3n) is 4.39. The Hall–Kier alpha value is -1.13. The van der Waals surface area contributed by atoms with Gasteiger partial charge >= 0.3 is 0 Å². The van der Waals surface area contributed by atoms with Crippen molar-refractivity contribution in [3.05, 3.63) is 33.2 Å². The Bertz CT molecular complexity index is 560. The van der Waals surface area contributed by atoms with Gasteiger partial charge in [0.05, 0.1) is 0 Å². The number of hydrogen-bond acceptors (Lipinski definition) is 3. The van der Waals surface area contributed by atoms with Crippen molar-refractivity contribution >= 4 is 0 Å². The van der Waals surface area contributed by atoms with Crippen molar-refractivity contribution in [1.82, 2.24) is 14.8 Å². The van der Waals surface area contributed by atoms with Crippen LogP contribution in [0.3, 0.4) is 0 Å². The molecule has 1 N–H and O–H groups in total. The molecule has 0 fully saturated rings. The molecular formula is C18H31N3O. The highest BCUT2D eigenvalue weighted by atomic mass is 16.1. The van der Waals surface area contributed by atoms with Crippen LogP contribution in [-0.2, 0) is 19.5 Å². The summed E-state index contributed by atoms with van der Waals surface area (Å²) in [7, 11) is 0. The first kappa shape index (κ1) is 17.2. The molecule has 0 saturated carbocycles. The number of pyridine rings is 1. The van der Waals surface area contributed by atoms with Crippen LogP contribution in [0.5, 0.6) is 0 Å². The van der Waals surface area contributed by atoms with E-state index in [2.05, 4.69) is 50.9 Å². The minimum absolute atomic E-state index is 0.190. The highest BCUT2D eigenvalue weighted by molar-refractivity contribution is 5.29. The Labute approximate surface area is 134 Å². The number of nitrogens with zero attached hydrogens (tertiary/aromatic N) is 2. The molecule has 1 aliphatic rings. The minimum Gasteiger partial charge on any atom is -0.312 e. The van der Waals surface area contributed by atoms with Crippen molar-refractivity contribution in [2.75, 3.05) is 19.6 Å². The number of nitrogens with one attached hydrogen (secondary N) is 1. The summed E-state index contributed by atoms with van der Waals surface area (Å²) in [6.07, 6.45) is 0.982. The van der Waals surface area contributed by atoms with Crippen molar-refractivity contribution in [2.24, 2.45) is 5.92 Å². The normalized spacial score (nSPS) is 15.6. The third kappa shape index (κ3) is 3.79. The van der Waals surface area contributed by atoms with Crippen LogP contribution in [0.15, 0.2) is 10.9 Å². The van der Waals surface area contributed by atoms with Gasteiger partial charge in [-0.15, -0.1) is 0 Å². The summed E-state index contributed by atoms with van der Waals surface area (Å²) in [6, 6.07) is 2.37. The second-order valence-electron chi connectivity index (χ2n) is 7.05. The first-order chi connectivity index (χ1) is 10.4. The average Bonchev–Trinajstić information content (AvgIpc) is 2.46. The number of hydrogen-bond donors (Lipinski definition) is 1. The number of aromatic nitrogens is 1. The number of rotatable bonds is 6. The van der Waals surface area contributed by atoms with E-state index in [-0.39, 0.29) is 11.6 Å². The molecule has 124 valence electrons. The van der Waals surface area contributed by atoms with Crippen molar-refractivity contribution in [3.8, 4) is 0 Å². The summed E-state index contributed by atoms with van der Waals surface area (Å²) in [4.78, 5) is 15.3. The Morgan fingerprint density at radius 1 is 1.27 bits per heavy atom. The van der Waals surface area contributed by atoms with Crippen LogP contribution >= 0.6 is 0 Å². The summed E-state index contributed by atoms with van der Waals surface area (Å²) >= 11 is 0. The lowest BCUT2D eigenvalue weighted by Crippen LogP contribution is -2.38. The second kappa shape index (κ2) is 7.42. The van der Waals surface area contributed by atoms with Gasteiger partial charge < -0.3 is 9.88 Å². The van der Waals surface area contributed by atoms with Gasteiger partial charge in [-0.25, -0.2) is 0 Å². The molecule has 0 radical (unpaired) electrons. The van der Waals surface area contributed by atoms with E-state index < -0.39 is 0 Å². The molecule has 22 heavy (non-hydrogen) atoms. The molecular weight excluding hydrogens is 274 g/mol. The van der Waals surface area contributed by atoms with Gasteiger partial charge in [0.2, 0.25) is 0 Å². The van der Waals surface area contributed by atoms with Gasteiger partial charge in [0, 0.05) is 43.4 Å². The van der Waals surface area contributed by atoms with Gasteiger partial charge in [0.15, 0.2) is 0 Å². The van der Waals surface area contributed by atoms with Crippen LogP contribution < -0.4 is 10.9 Å². The summed E-state index contributed by atoms with van der Waals surface area (Å²) in [5.74, 6) is 0.598. The Morgan fingerprint density at radius 3 is 2.59 bits per heavy atom. The van der Waals surface area contributed by atoms with Gasteiger partial charge in [-0.2, -0.15) is 0 Å². The molecule has 0 saturated heterocycles. The van der Waals surface area contributed by atoms with Crippen LogP contribution in [0, 0.1) is 5.92 Å². The molecule has 1 aliphatic heterocycles.